The van der Waals surface area contributed by atoms with E-state index in [-0.39, 0.29) is 11.8 Å². The van der Waals surface area contributed by atoms with Crippen LogP contribution in [0, 0.1) is 5.82 Å². The second kappa shape index (κ2) is 4.63. The zero-order valence-corrected chi connectivity index (χ0v) is 12.4. The van der Waals surface area contributed by atoms with Gasteiger partial charge < -0.3 is 10.2 Å². The average Bonchev–Trinajstić information content (AvgIpc) is 2.97. The van der Waals surface area contributed by atoms with E-state index in [0.29, 0.717) is 22.7 Å². The van der Waals surface area contributed by atoms with Crippen LogP contribution in [0.3, 0.4) is 0 Å². The molecule has 1 atom stereocenters. The molecule has 1 aliphatic heterocycles. The quantitative estimate of drug-likeness (QED) is 0.915. The highest BCUT2D eigenvalue weighted by atomic mass is 79.9. The summed E-state index contributed by atoms with van der Waals surface area (Å²) >= 11 is 3.28. The molecule has 2 N–H and O–H groups in total. The summed E-state index contributed by atoms with van der Waals surface area (Å²) in [6.07, 6.45) is 0. The zero-order valence-electron chi connectivity index (χ0n) is 10.8. The molecular formula is C14H13BrFN3O. The molecular weight excluding hydrogens is 325 g/mol. The van der Waals surface area contributed by atoms with Gasteiger partial charge in [-0.2, -0.15) is 0 Å². The van der Waals surface area contributed by atoms with Gasteiger partial charge in [0, 0.05) is 0 Å². The third-order valence-electron chi connectivity index (χ3n) is 3.47. The molecule has 0 amide bonds. The summed E-state index contributed by atoms with van der Waals surface area (Å²) in [6, 6.07) is 10.1. The predicted molar refractivity (Wildman–Crippen MR) is 79.1 cm³/mol. The maximum Gasteiger partial charge on any atom is 0.196 e. The number of rotatable bonds is 2. The van der Waals surface area contributed by atoms with E-state index in [4.69, 9.17) is 10.2 Å². The molecule has 2 aromatic rings. The molecule has 1 aromatic heterocycles. The Morgan fingerprint density at radius 3 is 2.75 bits per heavy atom. The number of anilines is 1. The van der Waals surface area contributed by atoms with E-state index in [1.165, 1.54) is 6.07 Å². The van der Waals surface area contributed by atoms with Crippen LogP contribution in [0.4, 0.5) is 10.1 Å². The van der Waals surface area contributed by atoms with E-state index in [2.05, 4.69) is 20.9 Å². The first-order valence-corrected chi connectivity index (χ1v) is 6.92. The molecule has 20 heavy (non-hydrogen) atoms. The fourth-order valence-corrected chi connectivity index (χ4v) is 2.75. The summed E-state index contributed by atoms with van der Waals surface area (Å²) in [5, 5.41) is 0. The summed E-state index contributed by atoms with van der Waals surface area (Å²) in [7, 11) is 0. The number of aliphatic imine (C=N–C) groups is 1. The summed E-state index contributed by atoms with van der Waals surface area (Å²) < 4.78 is 20.3. The molecule has 0 fully saturated rings. The number of halogens is 2. The minimum Gasteiger partial charge on any atom is -0.452 e. The Morgan fingerprint density at radius 1 is 1.35 bits per heavy atom. The SMILES string of the molecule is CC1(c2ccc(Br)o2)CN=C(N)N1c1ccccc1F. The summed E-state index contributed by atoms with van der Waals surface area (Å²) in [4.78, 5) is 5.93. The molecule has 0 saturated carbocycles. The van der Waals surface area contributed by atoms with E-state index in [1.54, 1.807) is 29.2 Å². The molecule has 0 saturated heterocycles. The standard InChI is InChI=1S/C14H13BrFN3O/c1-14(11-6-7-12(15)20-11)8-18-13(17)19(14)10-5-3-2-4-9(10)16/h2-7H,8H2,1H3,(H2,17,18). The maximum atomic E-state index is 14.1. The molecule has 1 unspecified atom stereocenters. The molecule has 0 radical (unpaired) electrons. The highest BCUT2D eigenvalue weighted by Gasteiger charge is 2.44. The van der Waals surface area contributed by atoms with Gasteiger partial charge in [-0.3, -0.25) is 9.89 Å². The first-order chi connectivity index (χ1) is 9.52. The Hall–Kier alpha value is -1.82. The number of hydrogen-bond acceptors (Lipinski definition) is 4. The van der Waals surface area contributed by atoms with Crippen molar-refractivity contribution in [3.8, 4) is 0 Å². The molecule has 0 aliphatic carbocycles. The molecule has 1 aliphatic rings. The third-order valence-corrected chi connectivity index (χ3v) is 3.90. The fourth-order valence-electron chi connectivity index (χ4n) is 2.44. The number of nitrogens with zero attached hydrogens (tertiary/aromatic N) is 2. The third kappa shape index (κ3) is 1.91. The van der Waals surface area contributed by atoms with Gasteiger partial charge in [-0.25, -0.2) is 4.39 Å². The average molecular weight is 338 g/mol. The summed E-state index contributed by atoms with van der Waals surface area (Å²) in [5.74, 6) is 0.617. The molecule has 0 spiro atoms. The van der Waals surface area contributed by atoms with Crippen molar-refractivity contribution in [3.63, 3.8) is 0 Å². The van der Waals surface area contributed by atoms with Gasteiger partial charge in [-0.15, -0.1) is 0 Å². The van der Waals surface area contributed by atoms with Crippen molar-refractivity contribution in [1.82, 2.24) is 0 Å². The van der Waals surface area contributed by atoms with Crippen LogP contribution in [-0.2, 0) is 5.54 Å². The lowest BCUT2D eigenvalue weighted by atomic mass is 9.97. The van der Waals surface area contributed by atoms with Gasteiger partial charge in [-0.05, 0) is 47.1 Å². The lowest BCUT2D eigenvalue weighted by Crippen LogP contribution is -2.48. The number of guanidine groups is 1. The smallest absolute Gasteiger partial charge is 0.196 e. The largest absolute Gasteiger partial charge is 0.452 e. The van der Waals surface area contributed by atoms with Crippen LogP contribution >= 0.6 is 15.9 Å². The molecule has 4 nitrogen and oxygen atoms in total. The minimum atomic E-state index is -0.641. The molecule has 2 heterocycles. The van der Waals surface area contributed by atoms with Crippen molar-refractivity contribution in [1.29, 1.82) is 0 Å². The van der Waals surface area contributed by atoms with Crippen molar-refractivity contribution in [3.05, 3.63) is 52.6 Å². The molecule has 0 bridgehead atoms. The van der Waals surface area contributed by atoms with Crippen molar-refractivity contribution < 1.29 is 8.81 Å². The zero-order chi connectivity index (χ0) is 14.3. The van der Waals surface area contributed by atoms with Gasteiger partial charge in [0.05, 0.1) is 12.2 Å². The molecule has 104 valence electrons. The van der Waals surface area contributed by atoms with Crippen LogP contribution in [-0.4, -0.2) is 12.5 Å². The highest BCUT2D eigenvalue weighted by Crippen LogP contribution is 2.39. The predicted octanol–water partition coefficient (Wildman–Crippen LogP) is 3.23. The minimum absolute atomic E-state index is 0.283. The molecule has 3 rings (SSSR count). The van der Waals surface area contributed by atoms with Gasteiger partial charge in [0.15, 0.2) is 10.6 Å². The Morgan fingerprint density at radius 2 is 2.10 bits per heavy atom. The van der Waals surface area contributed by atoms with Crippen LogP contribution in [0.25, 0.3) is 0 Å². The topological polar surface area (TPSA) is 54.8 Å². The first kappa shape index (κ1) is 13.2. The Kier molecular flexibility index (Phi) is 3.05. The second-order valence-corrected chi connectivity index (χ2v) is 5.62. The van der Waals surface area contributed by atoms with Gasteiger partial charge in [0.1, 0.15) is 17.1 Å². The van der Waals surface area contributed by atoms with Crippen LogP contribution in [0.15, 0.2) is 50.5 Å². The Bertz CT molecular complexity index is 685. The maximum absolute atomic E-state index is 14.1. The van der Waals surface area contributed by atoms with Crippen molar-refractivity contribution in [2.75, 3.05) is 11.4 Å². The molecule has 1 aromatic carbocycles. The summed E-state index contributed by atoms with van der Waals surface area (Å²) in [5.41, 5.74) is 5.71. The van der Waals surface area contributed by atoms with Crippen molar-refractivity contribution in [2.45, 2.75) is 12.5 Å². The van der Waals surface area contributed by atoms with Gasteiger partial charge in [0.25, 0.3) is 0 Å². The van der Waals surface area contributed by atoms with Crippen LogP contribution in [0.1, 0.15) is 12.7 Å². The van der Waals surface area contributed by atoms with E-state index in [1.807, 2.05) is 13.0 Å². The fraction of sp³-hybridized carbons (Fsp3) is 0.214. The van der Waals surface area contributed by atoms with E-state index in [9.17, 15) is 4.39 Å². The van der Waals surface area contributed by atoms with Crippen molar-refractivity contribution >= 4 is 27.6 Å². The van der Waals surface area contributed by atoms with Gasteiger partial charge >= 0.3 is 0 Å². The van der Waals surface area contributed by atoms with Gasteiger partial charge in [0.2, 0.25) is 0 Å². The number of nitrogens with two attached hydrogens (primary N) is 1. The van der Waals surface area contributed by atoms with E-state index >= 15 is 0 Å². The number of benzene rings is 1. The van der Waals surface area contributed by atoms with Gasteiger partial charge in [-0.1, -0.05) is 12.1 Å². The van der Waals surface area contributed by atoms with E-state index in [0.717, 1.165) is 0 Å². The molecule has 6 heteroatoms. The Labute approximate surface area is 124 Å². The number of para-hydroxylation sites is 1. The van der Waals surface area contributed by atoms with Crippen LogP contribution in [0.5, 0.6) is 0 Å². The Balaban J connectivity index is 2.11. The van der Waals surface area contributed by atoms with E-state index < -0.39 is 5.54 Å². The summed E-state index contributed by atoms with van der Waals surface area (Å²) in [6.45, 7) is 2.33. The monoisotopic (exact) mass is 337 g/mol. The van der Waals surface area contributed by atoms with Crippen LogP contribution in [0.2, 0.25) is 0 Å². The lowest BCUT2D eigenvalue weighted by molar-refractivity contribution is 0.376. The van der Waals surface area contributed by atoms with Crippen molar-refractivity contribution in [2.24, 2.45) is 10.7 Å². The normalized spacial score (nSPS) is 22.1. The number of hydrogen-bond donors (Lipinski definition) is 1. The highest BCUT2D eigenvalue weighted by molar-refractivity contribution is 9.10. The van der Waals surface area contributed by atoms with Crippen LogP contribution < -0.4 is 10.6 Å². The lowest BCUT2D eigenvalue weighted by Gasteiger charge is -2.34. The first-order valence-electron chi connectivity index (χ1n) is 6.13. The number of furan rings is 1. The second-order valence-electron chi connectivity index (χ2n) is 4.84.